The number of benzene rings is 2. The molecule has 0 aliphatic rings. The molecule has 0 saturated heterocycles. The molecule has 1 N–H and O–H groups in total. The van der Waals surface area contributed by atoms with Crippen LogP contribution >= 0.6 is 0 Å². The minimum absolute atomic E-state index is 0.0222. The zero-order chi connectivity index (χ0) is 23.5. The molecule has 3 rings (SSSR count). The lowest BCUT2D eigenvalue weighted by Gasteiger charge is -2.22. The highest BCUT2D eigenvalue weighted by molar-refractivity contribution is 7.93. The number of sulfonamides is 1. The van der Waals surface area contributed by atoms with Gasteiger partial charge in [0.25, 0.3) is 0 Å². The molecule has 0 aliphatic carbocycles. The molecule has 0 atom stereocenters. The molecule has 32 heavy (non-hydrogen) atoms. The largest absolute Gasteiger partial charge is 0.516 e. The minimum atomic E-state index is -5.68. The quantitative estimate of drug-likeness (QED) is 0.345. The summed E-state index contributed by atoms with van der Waals surface area (Å²) in [5, 5.41) is 12.0. The van der Waals surface area contributed by atoms with Gasteiger partial charge in [-0.3, -0.25) is 4.72 Å². The lowest BCUT2D eigenvalue weighted by molar-refractivity contribution is -0.0429. The van der Waals surface area contributed by atoms with Crippen LogP contribution in [-0.2, 0) is 10.0 Å². The predicted molar refractivity (Wildman–Crippen MR) is 113 cm³/mol. The fourth-order valence-corrected chi connectivity index (χ4v) is 3.41. The van der Waals surface area contributed by atoms with E-state index in [4.69, 9.17) is 11.1 Å². The van der Waals surface area contributed by atoms with E-state index in [0.29, 0.717) is 29.9 Å². The van der Waals surface area contributed by atoms with E-state index in [1.54, 1.807) is 16.9 Å². The molecule has 0 bridgehead atoms. The number of azo groups is 1. The number of fused-ring (bicyclic) bond motifs is 1. The highest BCUT2D eigenvalue weighted by Gasteiger charge is 2.46. The molecule has 0 radical (unpaired) electrons. The number of nitrogens with zero attached hydrogens (tertiary/aromatic N) is 5. The summed E-state index contributed by atoms with van der Waals surface area (Å²) < 4.78 is 68.8. The van der Waals surface area contributed by atoms with Crippen molar-refractivity contribution in [3.63, 3.8) is 0 Å². The Morgan fingerprint density at radius 1 is 1.16 bits per heavy atom. The number of anilines is 2. The van der Waals surface area contributed by atoms with Crippen LogP contribution in [0.1, 0.15) is 13.8 Å². The van der Waals surface area contributed by atoms with E-state index in [1.807, 2.05) is 18.7 Å². The molecule has 9 nitrogen and oxygen atoms in total. The molecule has 0 aliphatic heterocycles. The standard InChI is InChI=1S/C19H17F3N6O3S/c1-4-28(5-2)13-7-9-15(16(11-13)27-32(29,30)19(20,21)22)24-25-18-14-8-6-12(23-3)10-17(14)31-26-18/h6-11,27H,4-5H2,1-2H3. The van der Waals surface area contributed by atoms with Crippen molar-refractivity contribution in [2.24, 2.45) is 10.2 Å². The first kappa shape index (κ1) is 23.0. The molecule has 0 saturated carbocycles. The lowest BCUT2D eigenvalue weighted by atomic mass is 10.2. The van der Waals surface area contributed by atoms with Crippen molar-refractivity contribution in [3.05, 3.63) is 47.8 Å². The van der Waals surface area contributed by atoms with Crippen LogP contribution in [0.4, 0.5) is 41.7 Å². The van der Waals surface area contributed by atoms with Crippen molar-refractivity contribution in [2.45, 2.75) is 19.4 Å². The van der Waals surface area contributed by atoms with Gasteiger partial charge < -0.3 is 9.42 Å². The molecule has 13 heteroatoms. The van der Waals surface area contributed by atoms with E-state index in [0.717, 1.165) is 0 Å². The van der Waals surface area contributed by atoms with Crippen molar-refractivity contribution >= 4 is 49.6 Å². The van der Waals surface area contributed by atoms with Crippen LogP contribution in [0.25, 0.3) is 15.8 Å². The van der Waals surface area contributed by atoms with Crippen molar-refractivity contribution in [2.75, 3.05) is 22.7 Å². The average Bonchev–Trinajstić information content (AvgIpc) is 3.15. The van der Waals surface area contributed by atoms with Gasteiger partial charge in [-0.2, -0.15) is 21.6 Å². The second-order valence-corrected chi connectivity index (χ2v) is 8.10. The minimum Gasteiger partial charge on any atom is -0.372 e. The maximum absolute atomic E-state index is 12.9. The van der Waals surface area contributed by atoms with Crippen molar-refractivity contribution in [1.82, 2.24) is 5.16 Å². The Morgan fingerprint density at radius 2 is 1.88 bits per heavy atom. The maximum atomic E-state index is 12.9. The summed E-state index contributed by atoms with van der Waals surface area (Å²) in [6.45, 7) is 11.8. The SMILES string of the molecule is [C-]#[N+]c1ccc2c(N=Nc3ccc(N(CC)CC)cc3NS(=O)(=O)C(F)(F)F)noc2c1. The van der Waals surface area contributed by atoms with Gasteiger partial charge in [0.1, 0.15) is 5.69 Å². The molecule has 0 spiro atoms. The molecule has 168 valence electrons. The van der Waals surface area contributed by atoms with Gasteiger partial charge in [0.2, 0.25) is 5.82 Å². The molecule has 0 amide bonds. The summed E-state index contributed by atoms with van der Waals surface area (Å²) in [6, 6.07) is 8.72. The normalized spacial score (nSPS) is 12.2. The molecular formula is C19H17F3N6O3S. The summed E-state index contributed by atoms with van der Waals surface area (Å²) in [5.41, 5.74) is -4.93. The van der Waals surface area contributed by atoms with Gasteiger partial charge in [0.05, 0.1) is 17.6 Å². The highest BCUT2D eigenvalue weighted by atomic mass is 32.2. The third-order valence-electron chi connectivity index (χ3n) is 4.48. The van der Waals surface area contributed by atoms with Crippen molar-refractivity contribution < 1.29 is 26.1 Å². The summed E-state index contributed by atoms with van der Waals surface area (Å²) in [6.07, 6.45) is 0. The lowest BCUT2D eigenvalue weighted by Crippen LogP contribution is -2.30. The average molecular weight is 466 g/mol. The van der Waals surface area contributed by atoms with Crippen LogP contribution in [0.3, 0.4) is 0 Å². The van der Waals surface area contributed by atoms with E-state index >= 15 is 0 Å². The van der Waals surface area contributed by atoms with Crippen LogP contribution in [0.2, 0.25) is 0 Å². The van der Waals surface area contributed by atoms with Gasteiger partial charge in [-0.25, -0.2) is 4.85 Å². The number of rotatable bonds is 7. The number of aromatic nitrogens is 1. The highest BCUT2D eigenvalue weighted by Crippen LogP contribution is 2.36. The van der Waals surface area contributed by atoms with E-state index < -0.39 is 21.2 Å². The summed E-state index contributed by atoms with van der Waals surface area (Å²) >= 11 is 0. The van der Waals surface area contributed by atoms with Gasteiger partial charge in [-0.05, 0) is 38.1 Å². The number of halogens is 3. The second kappa shape index (κ2) is 8.83. The second-order valence-electron chi connectivity index (χ2n) is 6.42. The number of hydrogen-bond acceptors (Lipinski definition) is 7. The third kappa shape index (κ3) is 4.65. The van der Waals surface area contributed by atoms with Gasteiger partial charge >= 0.3 is 15.5 Å². The third-order valence-corrected chi connectivity index (χ3v) is 5.57. The zero-order valence-corrected chi connectivity index (χ0v) is 17.7. The van der Waals surface area contributed by atoms with Crippen LogP contribution in [0.5, 0.6) is 0 Å². The van der Waals surface area contributed by atoms with E-state index in [2.05, 4.69) is 20.2 Å². The van der Waals surface area contributed by atoms with Gasteiger partial charge in [0, 0.05) is 18.8 Å². The number of hydrogen-bond donors (Lipinski definition) is 1. The fourth-order valence-electron chi connectivity index (χ4n) is 2.84. The maximum Gasteiger partial charge on any atom is 0.516 e. The molecule has 3 aromatic rings. The topological polar surface area (TPSA) is 105 Å². The Labute approximate surface area is 181 Å². The van der Waals surface area contributed by atoms with Crippen LogP contribution in [0, 0.1) is 6.57 Å². The Morgan fingerprint density at radius 3 is 2.50 bits per heavy atom. The first-order chi connectivity index (χ1) is 15.1. The number of nitrogens with one attached hydrogen (secondary N) is 1. The van der Waals surface area contributed by atoms with Gasteiger partial charge in [-0.15, -0.1) is 10.2 Å². The van der Waals surface area contributed by atoms with Crippen LogP contribution in [-0.4, -0.2) is 32.2 Å². The van der Waals surface area contributed by atoms with Crippen molar-refractivity contribution in [1.29, 1.82) is 0 Å². The fraction of sp³-hybridized carbons (Fsp3) is 0.263. The van der Waals surface area contributed by atoms with Crippen LogP contribution < -0.4 is 9.62 Å². The Kier molecular flexibility index (Phi) is 6.35. The summed E-state index contributed by atoms with van der Waals surface area (Å²) in [7, 11) is -5.68. The molecule has 0 fully saturated rings. The van der Waals surface area contributed by atoms with Gasteiger partial charge in [0.15, 0.2) is 11.3 Å². The smallest absolute Gasteiger partial charge is 0.372 e. The van der Waals surface area contributed by atoms with Crippen LogP contribution in [0.15, 0.2) is 51.1 Å². The monoisotopic (exact) mass is 466 g/mol. The van der Waals surface area contributed by atoms with E-state index in [9.17, 15) is 21.6 Å². The number of alkyl halides is 3. The van der Waals surface area contributed by atoms with Crippen molar-refractivity contribution in [3.8, 4) is 0 Å². The molecule has 0 unspecified atom stereocenters. The predicted octanol–water partition coefficient (Wildman–Crippen LogP) is 5.90. The Balaban J connectivity index is 2.04. The molecule has 2 aromatic carbocycles. The van der Waals surface area contributed by atoms with E-state index in [1.165, 1.54) is 24.3 Å². The summed E-state index contributed by atoms with van der Waals surface area (Å²) in [5.74, 6) is 0.0222. The Bertz CT molecular complexity index is 1310. The first-order valence-electron chi connectivity index (χ1n) is 9.26. The molecule has 1 heterocycles. The Hall–Kier alpha value is -3.66. The molecular weight excluding hydrogens is 449 g/mol. The van der Waals surface area contributed by atoms with E-state index in [-0.39, 0.29) is 17.1 Å². The zero-order valence-electron chi connectivity index (χ0n) is 16.9. The van der Waals surface area contributed by atoms with Gasteiger partial charge in [-0.1, -0.05) is 17.3 Å². The first-order valence-corrected chi connectivity index (χ1v) is 10.7. The molecule has 1 aromatic heterocycles. The summed E-state index contributed by atoms with van der Waals surface area (Å²) in [4.78, 5) is 5.10.